The minimum atomic E-state index is -0.745. The van der Waals surface area contributed by atoms with E-state index in [1.807, 2.05) is 10.9 Å². The Bertz CT molecular complexity index is 916. The van der Waals surface area contributed by atoms with Gasteiger partial charge in [0.1, 0.15) is 11.6 Å². The van der Waals surface area contributed by atoms with Crippen molar-refractivity contribution in [3.05, 3.63) is 16.8 Å². The summed E-state index contributed by atoms with van der Waals surface area (Å²) in [6.07, 6.45) is 9.14. The summed E-state index contributed by atoms with van der Waals surface area (Å²) in [6.45, 7) is 13.3. The first-order valence-corrected chi connectivity index (χ1v) is 12.4. The average Bonchev–Trinajstić information content (AvgIpc) is 3.14. The quantitative estimate of drug-likeness (QED) is 0.368. The fourth-order valence-corrected chi connectivity index (χ4v) is 4.26. The van der Waals surface area contributed by atoms with Crippen LogP contribution < -0.4 is 15.9 Å². The van der Waals surface area contributed by atoms with Crippen molar-refractivity contribution < 1.29 is 23.8 Å². The number of esters is 1. The van der Waals surface area contributed by atoms with Crippen LogP contribution in [0.25, 0.3) is 12.2 Å². The predicted octanol–water partition coefficient (Wildman–Crippen LogP) is 3.01. The van der Waals surface area contributed by atoms with Gasteiger partial charge in [-0.15, -0.1) is 0 Å². The van der Waals surface area contributed by atoms with E-state index in [9.17, 15) is 9.59 Å². The first kappa shape index (κ1) is 27.9. The van der Waals surface area contributed by atoms with Crippen LogP contribution in [0, 0.1) is 17.8 Å². The second-order valence-corrected chi connectivity index (χ2v) is 10.3. The summed E-state index contributed by atoms with van der Waals surface area (Å²) in [5, 5.41) is 9.63. The van der Waals surface area contributed by atoms with E-state index >= 15 is 0 Å². The molecule has 34 heavy (non-hydrogen) atoms. The molecule has 0 bridgehead atoms. The Balaban J connectivity index is 2.14. The molecule has 2 rings (SSSR count). The molecular formula is C26H43N3O5. The summed E-state index contributed by atoms with van der Waals surface area (Å²) in [6, 6.07) is -0.745. The third kappa shape index (κ3) is 8.78. The molecule has 0 aromatic carbocycles. The van der Waals surface area contributed by atoms with Crippen LogP contribution in [-0.4, -0.2) is 53.8 Å². The molecule has 0 fully saturated rings. The molecule has 0 saturated carbocycles. The minimum Gasteiger partial charge on any atom is -0.464 e. The molecule has 0 saturated heterocycles. The van der Waals surface area contributed by atoms with Crippen molar-refractivity contribution in [1.82, 2.24) is 15.1 Å². The summed E-state index contributed by atoms with van der Waals surface area (Å²) in [4.78, 5) is 25.1. The first-order chi connectivity index (χ1) is 16.0. The third-order valence-corrected chi connectivity index (χ3v) is 6.01. The van der Waals surface area contributed by atoms with Gasteiger partial charge in [0.15, 0.2) is 0 Å². The number of alkyl carbamates (subject to hydrolysis) is 1. The van der Waals surface area contributed by atoms with Crippen LogP contribution in [0.15, 0.2) is 6.20 Å². The average molecular weight is 478 g/mol. The Morgan fingerprint density at radius 1 is 1.29 bits per heavy atom. The topological polar surface area (TPSA) is 91.7 Å². The van der Waals surface area contributed by atoms with Crippen LogP contribution in [0.1, 0.15) is 67.2 Å². The van der Waals surface area contributed by atoms with Gasteiger partial charge in [-0.2, -0.15) is 5.10 Å². The zero-order valence-corrected chi connectivity index (χ0v) is 21.9. The van der Waals surface area contributed by atoms with Crippen molar-refractivity contribution in [2.24, 2.45) is 17.8 Å². The number of nitrogens with one attached hydrogen (secondary N) is 1. The van der Waals surface area contributed by atoms with Gasteiger partial charge in [-0.1, -0.05) is 26.0 Å². The highest BCUT2D eigenvalue weighted by atomic mass is 16.6. The van der Waals surface area contributed by atoms with Crippen LogP contribution in [0.4, 0.5) is 4.79 Å². The van der Waals surface area contributed by atoms with Crippen LogP contribution in [0.2, 0.25) is 0 Å². The van der Waals surface area contributed by atoms with E-state index in [-0.39, 0.29) is 12.5 Å². The van der Waals surface area contributed by atoms with Crippen LogP contribution >= 0.6 is 0 Å². The van der Waals surface area contributed by atoms with Crippen molar-refractivity contribution in [1.29, 1.82) is 0 Å². The van der Waals surface area contributed by atoms with E-state index in [2.05, 4.69) is 36.4 Å². The lowest BCUT2D eigenvalue weighted by Crippen LogP contribution is -2.45. The number of hydrogen-bond acceptors (Lipinski definition) is 6. The fourth-order valence-electron chi connectivity index (χ4n) is 4.26. The number of amides is 1. The van der Waals surface area contributed by atoms with Gasteiger partial charge in [0.05, 0.1) is 18.2 Å². The van der Waals surface area contributed by atoms with E-state index in [4.69, 9.17) is 14.2 Å². The molecule has 1 aromatic rings. The number of aryl methyl sites for hydroxylation is 1. The largest absolute Gasteiger partial charge is 0.464 e. The highest BCUT2D eigenvalue weighted by Crippen LogP contribution is 2.29. The highest BCUT2D eigenvalue weighted by molar-refractivity contribution is 5.81. The molecule has 1 amide bonds. The minimum absolute atomic E-state index is 0.213. The van der Waals surface area contributed by atoms with Crippen molar-refractivity contribution in [2.45, 2.75) is 85.4 Å². The standard InChI is InChI=1S/C26H43N3O5/c1-8-33-24(30)22(28-25(31)34-26(4,5)6)16-21(18(2)3)14-19-10-11-20-17-27-29(23(20)15-19)12-9-13-32-7/h11,15,17-19,21-22H,8-10,12-14,16H2,1-7H3,(H,28,31)/t19?,21-,22-/m0/s1. The number of carbonyl (C=O) groups excluding carboxylic acids is 2. The van der Waals surface area contributed by atoms with Gasteiger partial charge in [-0.25, -0.2) is 9.59 Å². The molecule has 8 nitrogen and oxygen atoms in total. The number of aromatic nitrogens is 2. The molecule has 0 radical (unpaired) electrons. The molecule has 1 aromatic heterocycles. The van der Waals surface area contributed by atoms with Gasteiger partial charge in [-0.05, 0) is 71.1 Å². The second kappa shape index (κ2) is 12.9. The van der Waals surface area contributed by atoms with Gasteiger partial charge in [0.2, 0.25) is 0 Å². The number of rotatable bonds is 12. The molecule has 0 spiro atoms. The van der Waals surface area contributed by atoms with Crippen LogP contribution in [0.5, 0.6) is 0 Å². The number of ether oxygens (including phenoxy) is 3. The second-order valence-electron chi connectivity index (χ2n) is 10.3. The van der Waals surface area contributed by atoms with E-state index in [0.29, 0.717) is 24.9 Å². The molecule has 1 aliphatic rings. The van der Waals surface area contributed by atoms with Crippen molar-refractivity contribution >= 4 is 24.2 Å². The number of fused-ring (bicyclic) bond motifs is 1. The van der Waals surface area contributed by atoms with Gasteiger partial charge >= 0.3 is 12.1 Å². The van der Waals surface area contributed by atoms with Crippen molar-refractivity contribution in [3.8, 4) is 0 Å². The van der Waals surface area contributed by atoms with E-state index < -0.39 is 23.7 Å². The summed E-state index contributed by atoms with van der Waals surface area (Å²) >= 11 is 0. The lowest BCUT2D eigenvalue weighted by atomic mass is 9.80. The van der Waals surface area contributed by atoms with Crippen LogP contribution in [0.3, 0.4) is 0 Å². The predicted molar refractivity (Wildman–Crippen MR) is 132 cm³/mol. The summed E-state index contributed by atoms with van der Waals surface area (Å²) < 4.78 is 17.9. The number of methoxy groups -OCH3 is 1. The zero-order chi connectivity index (χ0) is 25.3. The van der Waals surface area contributed by atoms with Gasteiger partial charge < -0.3 is 19.5 Å². The normalized spacial score (nSPS) is 17.2. The molecule has 0 aliphatic heterocycles. The smallest absolute Gasteiger partial charge is 0.408 e. The highest BCUT2D eigenvalue weighted by Gasteiger charge is 2.30. The van der Waals surface area contributed by atoms with E-state index in [1.54, 1.807) is 34.8 Å². The zero-order valence-electron chi connectivity index (χ0n) is 21.9. The SMILES string of the molecule is CCOC(=O)[C@H](C[C@H](CC1C=c2c(cnn2CCCOC)=CC1)C(C)C)NC(=O)OC(C)(C)C. The monoisotopic (exact) mass is 477 g/mol. The Labute approximate surface area is 203 Å². The molecule has 8 heteroatoms. The summed E-state index contributed by atoms with van der Waals surface area (Å²) in [5.74, 6) is 0.461. The Kier molecular flexibility index (Phi) is 10.6. The lowest BCUT2D eigenvalue weighted by molar-refractivity contribution is -0.146. The molecule has 1 unspecified atom stereocenters. The molecule has 3 atom stereocenters. The fraction of sp³-hybridized carbons (Fsp3) is 0.731. The van der Waals surface area contributed by atoms with Crippen molar-refractivity contribution in [2.75, 3.05) is 20.3 Å². The lowest BCUT2D eigenvalue weighted by Gasteiger charge is -2.29. The van der Waals surface area contributed by atoms with Crippen molar-refractivity contribution in [3.63, 3.8) is 0 Å². The van der Waals surface area contributed by atoms with Crippen LogP contribution in [-0.2, 0) is 25.5 Å². The summed E-state index contributed by atoms with van der Waals surface area (Å²) in [5.41, 5.74) is -0.641. The van der Waals surface area contributed by atoms with Gasteiger partial charge in [-0.3, -0.25) is 4.68 Å². The Morgan fingerprint density at radius 3 is 2.65 bits per heavy atom. The number of hydrogen-bond donors (Lipinski definition) is 1. The maximum Gasteiger partial charge on any atom is 0.408 e. The van der Waals surface area contributed by atoms with E-state index in [1.165, 1.54) is 5.22 Å². The maximum atomic E-state index is 12.7. The van der Waals surface area contributed by atoms with E-state index in [0.717, 1.165) is 31.2 Å². The number of carbonyl (C=O) groups is 2. The molecule has 1 aliphatic carbocycles. The first-order valence-electron chi connectivity index (χ1n) is 12.4. The summed E-state index contributed by atoms with van der Waals surface area (Å²) in [7, 11) is 1.71. The Morgan fingerprint density at radius 2 is 2.03 bits per heavy atom. The maximum absolute atomic E-state index is 12.7. The third-order valence-electron chi connectivity index (χ3n) is 6.01. The van der Waals surface area contributed by atoms with Gasteiger partial charge in [0, 0.05) is 25.5 Å². The molecule has 1 heterocycles. The molecular weight excluding hydrogens is 434 g/mol. The van der Waals surface area contributed by atoms with Gasteiger partial charge in [0.25, 0.3) is 0 Å². The molecule has 1 N–H and O–H groups in total. The molecule has 192 valence electrons. The Hall–Kier alpha value is -2.35. The number of nitrogens with zero attached hydrogens (tertiary/aromatic N) is 2.